The van der Waals surface area contributed by atoms with Crippen LogP contribution < -0.4 is 10.1 Å². The van der Waals surface area contributed by atoms with Gasteiger partial charge < -0.3 is 10.1 Å². The maximum Gasteiger partial charge on any atom is 0.270 e. The van der Waals surface area contributed by atoms with Crippen LogP contribution in [0.5, 0.6) is 11.5 Å². The number of carbonyl (C=O) groups is 1. The lowest BCUT2D eigenvalue weighted by atomic mass is 10.0. The maximum absolute atomic E-state index is 12.9. The van der Waals surface area contributed by atoms with Gasteiger partial charge in [0.25, 0.3) is 5.91 Å². The second-order valence-corrected chi connectivity index (χ2v) is 8.38. The number of amides is 1. The van der Waals surface area contributed by atoms with Gasteiger partial charge >= 0.3 is 0 Å². The second-order valence-electron chi connectivity index (χ2n) is 7.95. The molecule has 5 nitrogen and oxygen atoms in total. The SMILES string of the molecule is O=C(NCc1ccc(Cl)cc1)c1cncn1-c1cccc(-c2ccc(Oc3ccccc3)cc2)c1. The molecular weight excluding hydrogens is 458 g/mol. The van der Waals surface area contributed by atoms with Crippen LogP contribution in [0.2, 0.25) is 5.02 Å². The zero-order valence-corrected chi connectivity index (χ0v) is 19.5. The fraction of sp³-hybridized carbons (Fsp3) is 0.0345. The van der Waals surface area contributed by atoms with Crippen molar-refractivity contribution >= 4 is 17.5 Å². The molecule has 0 unspecified atom stereocenters. The molecule has 0 aliphatic rings. The molecule has 0 aliphatic carbocycles. The smallest absolute Gasteiger partial charge is 0.270 e. The first-order chi connectivity index (χ1) is 17.2. The van der Waals surface area contributed by atoms with Gasteiger partial charge in [0.15, 0.2) is 0 Å². The topological polar surface area (TPSA) is 56.2 Å². The van der Waals surface area contributed by atoms with E-state index in [9.17, 15) is 4.79 Å². The fourth-order valence-electron chi connectivity index (χ4n) is 3.72. The standard InChI is InChI=1S/C29H22ClN3O2/c30-24-13-9-21(10-14-24)18-32-29(34)28-19-31-20-33(28)25-6-4-5-23(17-25)22-11-15-27(16-12-22)35-26-7-2-1-3-8-26/h1-17,19-20H,18H2,(H,32,34). The first-order valence-electron chi connectivity index (χ1n) is 11.1. The molecular formula is C29H22ClN3O2. The Morgan fingerprint density at radius 3 is 2.34 bits per heavy atom. The van der Waals surface area contributed by atoms with Crippen LogP contribution in [-0.4, -0.2) is 15.5 Å². The van der Waals surface area contributed by atoms with Crippen LogP contribution in [0.1, 0.15) is 16.1 Å². The normalized spacial score (nSPS) is 10.7. The van der Waals surface area contributed by atoms with E-state index in [1.807, 2.05) is 91.0 Å². The minimum Gasteiger partial charge on any atom is -0.457 e. The number of imidazole rings is 1. The van der Waals surface area contributed by atoms with E-state index in [0.29, 0.717) is 17.3 Å². The van der Waals surface area contributed by atoms with Gasteiger partial charge in [0, 0.05) is 17.3 Å². The third-order valence-electron chi connectivity index (χ3n) is 5.53. The van der Waals surface area contributed by atoms with E-state index in [0.717, 1.165) is 33.9 Å². The van der Waals surface area contributed by atoms with Crippen LogP contribution in [0.3, 0.4) is 0 Å². The molecule has 0 aliphatic heterocycles. The summed E-state index contributed by atoms with van der Waals surface area (Å²) < 4.78 is 7.68. The van der Waals surface area contributed by atoms with Crippen LogP contribution in [0.4, 0.5) is 0 Å². The minimum absolute atomic E-state index is 0.203. The Bertz CT molecular complexity index is 1430. The third kappa shape index (κ3) is 5.42. The van der Waals surface area contributed by atoms with Gasteiger partial charge in [0.05, 0.1) is 12.5 Å². The largest absolute Gasteiger partial charge is 0.457 e. The molecule has 0 atom stereocenters. The van der Waals surface area contributed by atoms with Crippen molar-refractivity contribution in [3.63, 3.8) is 0 Å². The van der Waals surface area contributed by atoms with Crippen LogP contribution in [0.25, 0.3) is 16.8 Å². The summed E-state index contributed by atoms with van der Waals surface area (Å²) in [7, 11) is 0. The van der Waals surface area contributed by atoms with Gasteiger partial charge in [-0.05, 0) is 65.2 Å². The summed E-state index contributed by atoms with van der Waals surface area (Å²) in [6.45, 7) is 0.401. The van der Waals surface area contributed by atoms with E-state index in [2.05, 4.69) is 10.3 Å². The van der Waals surface area contributed by atoms with Gasteiger partial charge in [-0.25, -0.2) is 4.98 Å². The lowest BCUT2D eigenvalue weighted by Gasteiger charge is -2.11. The van der Waals surface area contributed by atoms with Crippen LogP contribution >= 0.6 is 11.6 Å². The van der Waals surface area contributed by atoms with Crippen molar-refractivity contribution in [2.45, 2.75) is 6.54 Å². The zero-order chi connectivity index (χ0) is 24.0. The van der Waals surface area contributed by atoms with Gasteiger partial charge in [0.1, 0.15) is 17.2 Å². The molecule has 5 rings (SSSR count). The molecule has 5 aromatic rings. The van der Waals surface area contributed by atoms with Gasteiger partial charge in [-0.15, -0.1) is 0 Å². The number of para-hydroxylation sites is 1. The number of ether oxygens (including phenoxy) is 1. The number of nitrogens with one attached hydrogen (secondary N) is 1. The number of hydrogen-bond donors (Lipinski definition) is 1. The number of hydrogen-bond acceptors (Lipinski definition) is 3. The molecule has 0 bridgehead atoms. The van der Waals surface area contributed by atoms with Crippen LogP contribution in [-0.2, 0) is 6.54 Å². The first-order valence-corrected chi connectivity index (χ1v) is 11.5. The van der Waals surface area contributed by atoms with E-state index in [1.165, 1.54) is 0 Å². The minimum atomic E-state index is -0.203. The molecule has 1 N–H and O–H groups in total. The highest BCUT2D eigenvalue weighted by molar-refractivity contribution is 6.30. The van der Waals surface area contributed by atoms with E-state index < -0.39 is 0 Å². The molecule has 172 valence electrons. The van der Waals surface area contributed by atoms with Gasteiger partial charge in [-0.2, -0.15) is 0 Å². The molecule has 0 fully saturated rings. The van der Waals surface area contributed by atoms with Crippen LogP contribution in [0, 0.1) is 0 Å². The van der Waals surface area contributed by atoms with Gasteiger partial charge in [-0.3, -0.25) is 9.36 Å². The summed E-state index contributed by atoms with van der Waals surface area (Å²) in [5.74, 6) is 1.36. The van der Waals surface area contributed by atoms with Crippen molar-refractivity contribution in [1.82, 2.24) is 14.9 Å². The van der Waals surface area contributed by atoms with Crippen molar-refractivity contribution in [1.29, 1.82) is 0 Å². The molecule has 35 heavy (non-hydrogen) atoms. The van der Waals surface area contributed by atoms with Gasteiger partial charge in [0.2, 0.25) is 0 Å². The Kier molecular flexibility index (Phi) is 6.59. The third-order valence-corrected chi connectivity index (χ3v) is 5.78. The molecule has 1 heterocycles. The Morgan fingerprint density at radius 1 is 0.829 bits per heavy atom. The molecule has 6 heteroatoms. The van der Waals surface area contributed by atoms with Crippen molar-refractivity contribution < 1.29 is 9.53 Å². The van der Waals surface area contributed by atoms with Gasteiger partial charge in [-0.1, -0.05) is 66.2 Å². The Morgan fingerprint density at radius 2 is 1.57 bits per heavy atom. The number of aromatic nitrogens is 2. The highest BCUT2D eigenvalue weighted by Gasteiger charge is 2.13. The molecule has 1 amide bonds. The summed E-state index contributed by atoms with van der Waals surface area (Å²) in [5.41, 5.74) is 4.34. The number of nitrogens with zero attached hydrogens (tertiary/aromatic N) is 2. The van der Waals surface area contributed by atoms with E-state index in [4.69, 9.17) is 16.3 Å². The van der Waals surface area contributed by atoms with E-state index >= 15 is 0 Å². The molecule has 4 aromatic carbocycles. The highest BCUT2D eigenvalue weighted by Crippen LogP contribution is 2.27. The average molecular weight is 480 g/mol. The number of rotatable bonds is 7. The summed E-state index contributed by atoms with van der Waals surface area (Å²) in [5, 5.41) is 3.61. The van der Waals surface area contributed by atoms with Crippen molar-refractivity contribution in [2.24, 2.45) is 0 Å². The van der Waals surface area contributed by atoms with Crippen molar-refractivity contribution in [3.8, 4) is 28.3 Å². The Balaban J connectivity index is 1.32. The first kappa shape index (κ1) is 22.4. The highest BCUT2D eigenvalue weighted by atomic mass is 35.5. The summed E-state index contributed by atoms with van der Waals surface area (Å²) in [6, 6.07) is 33.0. The second kappa shape index (κ2) is 10.3. The van der Waals surface area contributed by atoms with E-state index in [1.54, 1.807) is 29.2 Å². The summed E-state index contributed by atoms with van der Waals surface area (Å²) in [6.07, 6.45) is 3.21. The molecule has 0 spiro atoms. The predicted molar refractivity (Wildman–Crippen MR) is 138 cm³/mol. The van der Waals surface area contributed by atoms with Crippen molar-refractivity contribution in [2.75, 3.05) is 0 Å². The quantitative estimate of drug-likeness (QED) is 0.276. The number of carbonyl (C=O) groups excluding carboxylic acids is 1. The molecule has 0 saturated carbocycles. The number of halogens is 1. The monoisotopic (exact) mass is 479 g/mol. The summed E-state index contributed by atoms with van der Waals surface area (Å²) >= 11 is 5.94. The van der Waals surface area contributed by atoms with Crippen molar-refractivity contribution in [3.05, 3.63) is 132 Å². The number of benzene rings is 4. The lowest BCUT2D eigenvalue weighted by Crippen LogP contribution is -2.25. The predicted octanol–water partition coefficient (Wildman–Crippen LogP) is 6.92. The Labute approximate surface area is 208 Å². The zero-order valence-electron chi connectivity index (χ0n) is 18.8. The Hall–Kier alpha value is -4.35. The van der Waals surface area contributed by atoms with E-state index in [-0.39, 0.29) is 5.91 Å². The van der Waals surface area contributed by atoms with Crippen LogP contribution in [0.15, 0.2) is 116 Å². The molecule has 0 saturated heterocycles. The summed E-state index contributed by atoms with van der Waals surface area (Å²) in [4.78, 5) is 17.1. The fourth-order valence-corrected chi connectivity index (χ4v) is 3.85. The lowest BCUT2D eigenvalue weighted by molar-refractivity contribution is 0.0944. The molecule has 1 aromatic heterocycles. The molecule has 0 radical (unpaired) electrons. The average Bonchev–Trinajstić information content (AvgIpc) is 3.40. The maximum atomic E-state index is 12.9.